The maximum atomic E-state index is 13.0. The highest BCUT2D eigenvalue weighted by Gasteiger charge is 2.44. The molecule has 0 aromatic heterocycles. The average Bonchev–Trinajstić information content (AvgIpc) is 3.32. The molecule has 1 heterocycles. The molecule has 1 fully saturated rings. The van der Waals surface area contributed by atoms with Crippen LogP contribution in [0.4, 0.5) is 0 Å². The quantitative estimate of drug-likeness (QED) is 0.0261. The third kappa shape index (κ3) is 36.9. The number of unbranched alkanes of at least 4 members (excludes halogenated alkanes) is 40. The van der Waals surface area contributed by atoms with Crippen LogP contribution >= 0.6 is 0 Å². The molecule has 1 aliphatic rings. The van der Waals surface area contributed by atoms with E-state index in [9.17, 15) is 30.3 Å². The fraction of sp³-hybridized carbons (Fsp3) is 0.947. The van der Waals surface area contributed by atoms with E-state index in [-0.39, 0.29) is 12.5 Å². The van der Waals surface area contributed by atoms with Gasteiger partial charge in [0.05, 0.1) is 25.4 Å². The molecule has 66 heavy (non-hydrogen) atoms. The first kappa shape index (κ1) is 62.9. The van der Waals surface area contributed by atoms with Crippen molar-refractivity contribution in [2.45, 2.75) is 333 Å². The second kappa shape index (κ2) is 47.6. The number of nitrogens with one attached hydrogen (secondary N) is 1. The van der Waals surface area contributed by atoms with Crippen LogP contribution in [0.1, 0.15) is 290 Å². The summed E-state index contributed by atoms with van der Waals surface area (Å²) in [5.41, 5.74) is 0. The minimum Gasteiger partial charge on any atom is -0.394 e. The standard InChI is InChI=1S/C57H111NO8/c1-3-5-7-9-11-13-15-17-19-21-23-25-26-27-28-30-32-34-36-38-40-42-44-46-51(60)50(49-65-57-56(64)55(63)54(62)52(48-59)66-57)58-53(61)47-45-43-41-39-37-35-33-31-29-24-22-20-18-16-14-12-10-8-6-4-2/h44,46,50-52,54-57,59-60,62-64H,3-43,45,47-49H2,1-2H3,(H,58,61)/b46-44+. The second-order valence-electron chi connectivity index (χ2n) is 20.5. The van der Waals surface area contributed by atoms with E-state index >= 15 is 0 Å². The number of hydrogen-bond acceptors (Lipinski definition) is 8. The van der Waals surface area contributed by atoms with Crippen LogP contribution in [0, 0.1) is 0 Å². The molecule has 1 rings (SSSR count). The summed E-state index contributed by atoms with van der Waals surface area (Å²) < 4.78 is 11.3. The molecule has 0 radical (unpaired) electrons. The summed E-state index contributed by atoms with van der Waals surface area (Å²) in [6, 6.07) is -0.800. The molecule has 0 aliphatic carbocycles. The number of hydrogen-bond donors (Lipinski definition) is 6. The van der Waals surface area contributed by atoms with Crippen molar-refractivity contribution >= 4 is 5.91 Å². The molecule has 1 aliphatic heterocycles. The Labute approximate surface area is 407 Å². The molecule has 1 saturated heterocycles. The van der Waals surface area contributed by atoms with Crippen molar-refractivity contribution in [2.75, 3.05) is 13.2 Å². The van der Waals surface area contributed by atoms with Gasteiger partial charge < -0.3 is 40.3 Å². The van der Waals surface area contributed by atoms with Gasteiger partial charge in [0.1, 0.15) is 24.4 Å². The second-order valence-corrected chi connectivity index (χ2v) is 20.5. The highest BCUT2D eigenvalue weighted by molar-refractivity contribution is 5.76. The molecule has 9 heteroatoms. The molecule has 0 aromatic rings. The Morgan fingerprint density at radius 2 is 0.833 bits per heavy atom. The summed E-state index contributed by atoms with van der Waals surface area (Å²) in [6.45, 7) is 3.82. The minimum atomic E-state index is -1.56. The molecule has 9 nitrogen and oxygen atoms in total. The van der Waals surface area contributed by atoms with E-state index in [0.717, 1.165) is 38.5 Å². The number of carbonyl (C=O) groups is 1. The number of amides is 1. The zero-order valence-electron chi connectivity index (χ0n) is 43.5. The Kier molecular flexibility index (Phi) is 45.4. The summed E-state index contributed by atoms with van der Waals surface area (Å²) in [6.07, 6.45) is 51.3. The first-order chi connectivity index (χ1) is 32.3. The fourth-order valence-electron chi connectivity index (χ4n) is 9.51. The molecule has 1 amide bonds. The largest absolute Gasteiger partial charge is 0.394 e. The van der Waals surface area contributed by atoms with Crippen LogP contribution in [-0.2, 0) is 14.3 Å². The number of rotatable bonds is 50. The molecule has 7 atom stereocenters. The van der Waals surface area contributed by atoms with Crippen LogP contribution in [0.2, 0.25) is 0 Å². The first-order valence-corrected chi connectivity index (χ1v) is 28.9. The molecule has 7 unspecified atom stereocenters. The summed E-state index contributed by atoms with van der Waals surface area (Å²) in [7, 11) is 0. The maximum Gasteiger partial charge on any atom is 0.220 e. The van der Waals surface area contributed by atoms with Gasteiger partial charge in [-0.1, -0.05) is 276 Å². The van der Waals surface area contributed by atoms with E-state index in [1.165, 1.54) is 231 Å². The van der Waals surface area contributed by atoms with Crippen molar-refractivity contribution in [2.24, 2.45) is 0 Å². The molecule has 0 bridgehead atoms. The van der Waals surface area contributed by atoms with E-state index < -0.39 is 49.5 Å². The van der Waals surface area contributed by atoms with Crippen LogP contribution in [0.15, 0.2) is 12.2 Å². The minimum absolute atomic E-state index is 0.170. The van der Waals surface area contributed by atoms with Crippen molar-refractivity contribution in [1.82, 2.24) is 5.32 Å². The van der Waals surface area contributed by atoms with E-state index in [1.54, 1.807) is 6.08 Å². The van der Waals surface area contributed by atoms with Crippen molar-refractivity contribution in [3.8, 4) is 0 Å². The van der Waals surface area contributed by atoms with Crippen molar-refractivity contribution in [1.29, 1.82) is 0 Å². The normalized spacial score (nSPS) is 19.8. The van der Waals surface area contributed by atoms with Gasteiger partial charge in [-0.25, -0.2) is 0 Å². The van der Waals surface area contributed by atoms with Crippen molar-refractivity contribution in [3.05, 3.63) is 12.2 Å². The Morgan fingerprint density at radius 3 is 1.18 bits per heavy atom. The van der Waals surface area contributed by atoms with Gasteiger partial charge in [0.2, 0.25) is 5.91 Å². The molecule has 0 aromatic carbocycles. The summed E-state index contributed by atoms with van der Waals surface area (Å²) in [5, 5.41) is 54.5. The lowest BCUT2D eigenvalue weighted by Crippen LogP contribution is -2.60. The third-order valence-electron chi connectivity index (χ3n) is 14.1. The van der Waals surface area contributed by atoms with Gasteiger partial charge in [0.15, 0.2) is 6.29 Å². The van der Waals surface area contributed by atoms with E-state index in [0.29, 0.717) is 6.42 Å². The van der Waals surface area contributed by atoms with Crippen molar-refractivity contribution in [3.63, 3.8) is 0 Å². The predicted octanol–water partition coefficient (Wildman–Crippen LogP) is 14.0. The zero-order chi connectivity index (χ0) is 48.0. The number of aliphatic hydroxyl groups excluding tert-OH is 5. The average molecular weight is 939 g/mol. The SMILES string of the molecule is CCCCCCCCCCCCCCCCCCCCCCC/C=C/C(O)C(COC1OC(CO)C(O)C(O)C1O)NC(=O)CCCCCCCCCCCCCCCCCCCCCC. The summed E-state index contributed by atoms with van der Waals surface area (Å²) in [5.74, 6) is -0.170. The van der Waals surface area contributed by atoms with Crippen LogP contribution in [0.3, 0.4) is 0 Å². The Balaban J connectivity index is 2.22. The molecule has 6 N–H and O–H groups in total. The lowest BCUT2D eigenvalue weighted by molar-refractivity contribution is -0.302. The van der Waals surface area contributed by atoms with Gasteiger partial charge in [0, 0.05) is 6.42 Å². The van der Waals surface area contributed by atoms with Crippen LogP contribution in [-0.4, -0.2) is 87.5 Å². The highest BCUT2D eigenvalue weighted by atomic mass is 16.7. The zero-order valence-corrected chi connectivity index (χ0v) is 43.5. The fourth-order valence-corrected chi connectivity index (χ4v) is 9.51. The molecule has 0 saturated carbocycles. The van der Waals surface area contributed by atoms with E-state index in [1.807, 2.05) is 6.08 Å². The molecule has 392 valence electrons. The predicted molar refractivity (Wildman–Crippen MR) is 277 cm³/mol. The van der Waals surface area contributed by atoms with Gasteiger partial charge in [-0.15, -0.1) is 0 Å². The number of allylic oxidation sites excluding steroid dienone is 1. The lowest BCUT2D eigenvalue weighted by atomic mass is 9.99. The van der Waals surface area contributed by atoms with Gasteiger partial charge >= 0.3 is 0 Å². The van der Waals surface area contributed by atoms with E-state index in [2.05, 4.69) is 19.2 Å². The number of carbonyl (C=O) groups excluding carboxylic acids is 1. The highest BCUT2D eigenvalue weighted by Crippen LogP contribution is 2.23. The Hall–Kier alpha value is -1.07. The summed E-state index contributed by atoms with van der Waals surface area (Å²) in [4.78, 5) is 13.0. The maximum absolute atomic E-state index is 13.0. The number of aliphatic hydroxyl groups is 5. The Morgan fingerprint density at radius 1 is 0.500 bits per heavy atom. The van der Waals surface area contributed by atoms with Gasteiger partial charge in [-0.3, -0.25) is 4.79 Å². The van der Waals surface area contributed by atoms with Crippen LogP contribution in [0.5, 0.6) is 0 Å². The Bertz CT molecular complexity index is 1040. The smallest absolute Gasteiger partial charge is 0.220 e. The molecular weight excluding hydrogens is 827 g/mol. The number of ether oxygens (including phenoxy) is 2. The summed E-state index contributed by atoms with van der Waals surface area (Å²) >= 11 is 0. The molecule has 0 spiro atoms. The van der Waals surface area contributed by atoms with Crippen LogP contribution < -0.4 is 5.32 Å². The molecular formula is C57H111NO8. The van der Waals surface area contributed by atoms with Gasteiger partial charge in [0.25, 0.3) is 0 Å². The van der Waals surface area contributed by atoms with Crippen LogP contribution in [0.25, 0.3) is 0 Å². The van der Waals surface area contributed by atoms with Gasteiger partial charge in [-0.05, 0) is 19.3 Å². The third-order valence-corrected chi connectivity index (χ3v) is 14.1. The topological polar surface area (TPSA) is 149 Å². The first-order valence-electron chi connectivity index (χ1n) is 28.9. The lowest BCUT2D eigenvalue weighted by Gasteiger charge is -2.40. The van der Waals surface area contributed by atoms with Gasteiger partial charge in [-0.2, -0.15) is 0 Å². The monoisotopic (exact) mass is 938 g/mol. The van der Waals surface area contributed by atoms with Crippen molar-refractivity contribution < 1.29 is 39.8 Å². The van der Waals surface area contributed by atoms with E-state index in [4.69, 9.17) is 9.47 Å².